The Morgan fingerprint density at radius 2 is 2.14 bits per heavy atom. The van der Waals surface area contributed by atoms with Crippen molar-refractivity contribution >= 4 is 11.3 Å². The molecule has 1 heterocycles. The van der Waals surface area contributed by atoms with E-state index in [-0.39, 0.29) is 5.41 Å². The smallest absolute Gasteiger partial charge is 0.0959 e. The molecule has 0 bridgehead atoms. The molecular formula is C11H16N2S. The molecule has 2 N–H and O–H groups in total. The van der Waals surface area contributed by atoms with Crippen LogP contribution in [0.4, 0.5) is 0 Å². The van der Waals surface area contributed by atoms with Crippen LogP contribution >= 0.6 is 11.3 Å². The number of thiazole rings is 1. The summed E-state index contributed by atoms with van der Waals surface area (Å²) in [6.07, 6.45) is 2.68. The Morgan fingerprint density at radius 3 is 2.64 bits per heavy atom. The summed E-state index contributed by atoms with van der Waals surface area (Å²) >= 11 is 1.82. The number of hydrogen-bond donors (Lipinski definition) is 1. The van der Waals surface area contributed by atoms with Gasteiger partial charge in [-0.3, -0.25) is 0 Å². The second-order valence-corrected chi connectivity index (χ2v) is 6.10. The maximum Gasteiger partial charge on any atom is 0.0959 e. The van der Waals surface area contributed by atoms with Crippen LogP contribution < -0.4 is 5.73 Å². The zero-order chi connectivity index (χ0) is 9.92. The van der Waals surface area contributed by atoms with Gasteiger partial charge in [0.15, 0.2) is 0 Å². The molecule has 2 fully saturated rings. The van der Waals surface area contributed by atoms with Crippen LogP contribution in [0.2, 0.25) is 0 Å². The standard InChI is InChI=1S/C11H16N2S/c1-11(2)8(9(11)12)7-5-14-10(13-7)6-3-4-6/h5-6,8-9H,3-4,12H2,1-2H3/t8-,9-/m1/s1. The highest BCUT2D eigenvalue weighted by Crippen LogP contribution is 2.57. The molecule has 0 unspecified atom stereocenters. The monoisotopic (exact) mass is 208 g/mol. The van der Waals surface area contributed by atoms with Crippen molar-refractivity contribution in [2.75, 3.05) is 0 Å². The number of nitrogens with two attached hydrogens (primary N) is 1. The lowest BCUT2D eigenvalue weighted by molar-refractivity contribution is 0.596. The van der Waals surface area contributed by atoms with E-state index in [9.17, 15) is 0 Å². The number of hydrogen-bond acceptors (Lipinski definition) is 3. The molecule has 0 radical (unpaired) electrons. The molecule has 2 aliphatic rings. The number of rotatable bonds is 2. The Bertz CT molecular complexity index is 365. The normalized spacial score (nSPS) is 34.5. The predicted octanol–water partition coefficient (Wildman–Crippen LogP) is 2.47. The summed E-state index contributed by atoms with van der Waals surface area (Å²) in [5, 5.41) is 3.56. The average Bonchev–Trinajstić information content (AvgIpc) is 2.98. The molecule has 14 heavy (non-hydrogen) atoms. The first kappa shape index (κ1) is 8.86. The second kappa shape index (κ2) is 2.58. The molecule has 1 aromatic heterocycles. The summed E-state index contributed by atoms with van der Waals surface area (Å²) < 4.78 is 0. The van der Waals surface area contributed by atoms with Crippen molar-refractivity contribution < 1.29 is 0 Å². The molecule has 1 aromatic rings. The van der Waals surface area contributed by atoms with Gasteiger partial charge < -0.3 is 5.73 Å². The molecule has 0 spiro atoms. The van der Waals surface area contributed by atoms with Gasteiger partial charge in [0.1, 0.15) is 0 Å². The Morgan fingerprint density at radius 1 is 1.50 bits per heavy atom. The summed E-state index contributed by atoms with van der Waals surface area (Å²) in [5.41, 5.74) is 7.56. The van der Waals surface area contributed by atoms with Gasteiger partial charge in [-0.2, -0.15) is 0 Å². The molecule has 76 valence electrons. The van der Waals surface area contributed by atoms with E-state index >= 15 is 0 Å². The molecule has 0 amide bonds. The fourth-order valence-electron chi connectivity index (χ4n) is 2.20. The van der Waals surface area contributed by atoms with E-state index in [4.69, 9.17) is 10.7 Å². The van der Waals surface area contributed by atoms with Crippen molar-refractivity contribution in [1.29, 1.82) is 0 Å². The van der Waals surface area contributed by atoms with Crippen LogP contribution in [0.3, 0.4) is 0 Å². The van der Waals surface area contributed by atoms with Crippen molar-refractivity contribution in [3.05, 3.63) is 16.1 Å². The van der Waals surface area contributed by atoms with Gasteiger partial charge in [-0.1, -0.05) is 13.8 Å². The highest BCUT2D eigenvalue weighted by atomic mass is 32.1. The molecule has 0 aliphatic heterocycles. The van der Waals surface area contributed by atoms with E-state index in [1.54, 1.807) is 0 Å². The lowest BCUT2D eigenvalue weighted by Crippen LogP contribution is -2.06. The van der Waals surface area contributed by atoms with Gasteiger partial charge in [0.2, 0.25) is 0 Å². The maximum absolute atomic E-state index is 6.04. The van der Waals surface area contributed by atoms with E-state index < -0.39 is 0 Å². The highest BCUT2D eigenvalue weighted by molar-refractivity contribution is 7.09. The summed E-state index contributed by atoms with van der Waals surface area (Å²) in [7, 11) is 0. The maximum atomic E-state index is 6.04. The molecule has 0 saturated heterocycles. The van der Waals surface area contributed by atoms with Gasteiger partial charge in [-0.15, -0.1) is 11.3 Å². The minimum atomic E-state index is 0.273. The fraction of sp³-hybridized carbons (Fsp3) is 0.727. The lowest BCUT2D eigenvalue weighted by atomic mass is 10.1. The van der Waals surface area contributed by atoms with Crippen LogP contribution in [0, 0.1) is 5.41 Å². The van der Waals surface area contributed by atoms with Crippen molar-refractivity contribution in [1.82, 2.24) is 4.98 Å². The first-order valence-corrected chi connectivity index (χ1v) is 6.19. The Labute approximate surface area is 88.5 Å². The summed E-state index contributed by atoms with van der Waals surface area (Å²) in [5.74, 6) is 1.29. The van der Waals surface area contributed by atoms with Gasteiger partial charge in [-0.05, 0) is 18.3 Å². The van der Waals surface area contributed by atoms with E-state index in [2.05, 4.69) is 19.2 Å². The summed E-state index contributed by atoms with van der Waals surface area (Å²) in [6.45, 7) is 4.47. The van der Waals surface area contributed by atoms with Crippen molar-refractivity contribution in [3.63, 3.8) is 0 Å². The van der Waals surface area contributed by atoms with Crippen LogP contribution in [-0.4, -0.2) is 11.0 Å². The van der Waals surface area contributed by atoms with Gasteiger partial charge >= 0.3 is 0 Å². The Balaban J connectivity index is 1.84. The molecular weight excluding hydrogens is 192 g/mol. The predicted molar refractivity (Wildman–Crippen MR) is 58.6 cm³/mol. The van der Waals surface area contributed by atoms with E-state index in [1.807, 2.05) is 11.3 Å². The van der Waals surface area contributed by atoms with Crippen LogP contribution in [0.15, 0.2) is 5.38 Å². The first-order chi connectivity index (χ1) is 6.60. The van der Waals surface area contributed by atoms with Crippen LogP contribution in [-0.2, 0) is 0 Å². The third kappa shape index (κ3) is 1.15. The zero-order valence-electron chi connectivity index (χ0n) is 8.66. The third-order valence-corrected chi connectivity index (χ3v) is 4.72. The first-order valence-electron chi connectivity index (χ1n) is 5.31. The number of nitrogens with zero attached hydrogens (tertiary/aromatic N) is 1. The van der Waals surface area contributed by atoms with E-state index in [0.29, 0.717) is 12.0 Å². The molecule has 2 nitrogen and oxygen atoms in total. The zero-order valence-corrected chi connectivity index (χ0v) is 9.47. The van der Waals surface area contributed by atoms with Crippen LogP contribution in [0.5, 0.6) is 0 Å². The molecule has 3 heteroatoms. The molecule has 3 rings (SSSR count). The highest BCUT2D eigenvalue weighted by Gasteiger charge is 2.57. The van der Waals surface area contributed by atoms with E-state index in [1.165, 1.54) is 23.5 Å². The van der Waals surface area contributed by atoms with Crippen molar-refractivity contribution in [3.8, 4) is 0 Å². The SMILES string of the molecule is CC1(C)[C@H](N)[C@H]1c1csc(C2CC2)n1. The average molecular weight is 208 g/mol. The topological polar surface area (TPSA) is 38.9 Å². The van der Waals surface area contributed by atoms with Gasteiger partial charge in [-0.25, -0.2) is 4.98 Å². The molecule has 2 atom stereocenters. The van der Waals surface area contributed by atoms with Crippen molar-refractivity contribution in [2.45, 2.75) is 44.6 Å². The second-order valence-electron chi connectivity index (χ2n) is 5.21. The molecule has 2 aliphatic carbocycles. The molecule has 2 saturated carbocycles. The third-order valence-electron chi connectivity index (χ3n) is 3.70. The van der Waals surface area contributed by atoms with E-state index in [0.717, 1.165) is 5.92 Å². The van der Waals surface area contributed by atoms with Crippen molar-refractivity contribution in [2.24, 2.45) is 11.1 Å². The van der Waals surface area contributed by atoms with Gasteiger partial charge in [0.05, 0.1) is 10.7 Å². The summed E-state index contributed by atoms with van der Waals surface area (Å²) in [4.78, 5) is 4.72. The van der Waals surface area contributed by atoms with Crippen LogP contribution in [0.25, 0.3) is 0 Å². The van der Waals surface area contributed by atoms with Gasteiger partial charge in [0.25, 0.3) is 0 Å². The Hall–Kier alpha value is -0.410. The largest absolute Gasteiger partial charge is 0.327 e. The molecule has 0 aromatic carbocycles. The minimum absolute atomic E-state index is 0.273. The Kier molecular flexibility index (Phi) is 1.63. The van der Waals surface area contributed by atoms with Crippen LogP contribution in [0.1, 0.15) is 49.2 Å². The van der Waals surface area contributed by atoms with Gasteiger partial charge in [0, 0.05) is 23.3 Å². The summed E-state index contributed by atoms with van der Waals surface area (Å²) in [6, 6.07) is 0.316. The minimum Gasteiger partial charge on any atom is -0.327 e. The quantitative estimate of drug-likeness (QED) is 0.811. The number of aromatic nitrogens is 1. The lowest BCUT2D eigenvalue weighted by Gasteiger charge is -1.97. The fourth-order valence-corrected chi connectivity index (χ4v) is 3.23.